The van der Waals surface area contributed by atoms with Crippen molar-refractivity contribution in [1.29, 1.82) is 0 Å². The molecule has 0 saturated heterocycles. The van der Waals surface area contributed by atoms with Crippen LogP contribution in [0.4, 0.5) is 0 Å². The van der Waals surface area contributed by atoms with Crippen LogP contribution in [-0.4, -0.2) is 36.4 Å². The molecule has 0 radical (unpaired) electrons. The minimum absolute atomic E-state index is 0.0613. The second-order valence-corrected chi connectivity index (χ2v) is 5.43. The Kier molecular flexibility index (Phi) is 7.08. The normalized spacial score (nSPS) is 12.4. The number of esters is 2. The van der Waals surface area contributed by atoms with Crippen molar-refractivity contribution >= 4 is 11.9 Å². The van der Waals surface area contributed by atoms with Gasteiger partial charge in [0, 0.05) is 11.6 Å². The van der Waals surface area contributed by atoms with E-state index in [-0.39, 0.29) is 18.6 Å². The molecule has 0 aliphatic carbocycles. The maximum atomic E-state index is 11.6. The fraction of sp³-hybridized carbons (Fsp3) is 0.571. The van der Waals surface area contributed by atoms with Crippen LogP contribution in [0.1, 0.15) is 27.2 Å². The second kappa shape index (κ2) is 7.74. The zero-order valence-electron chi connectivity index (χ0n) is 11.8. The average Bonchev–Trinajstić information content (AvgIpc) is 2.30. The predicted octanol–water partition coefficient (Wildman–Crippen LogP) is 1.61. The summed E-state index contributed by atoms with van der Waals surface area (Å²) in [4.78, 5) is 22.3. The number of rotatable bonds is 7. The number of hydrogen-bond donors (Lipinski definition) is 1. The Morgan fingerprint density at radius 1 is 1.26 bits per heavy atom. The van der Waals surface area contributed by atoms with Gasteiger partial charge in [-0.15, -0.1) is 0 Å². The first-order valence-corrected chi connectivity index (χ1v) is 5.98. The third-order valence-electron chi connectivity index (χ3n) is 2.02. The summed E-state index contributed by atoms with van der Waals surface area (Å²) in [6, 6.07) is 0. The van der Waals surface area contributed by atoms with Gasteiger partial charge in [0.2, 0.25) is 0 Å². The zero-order valence-corrected chi connectivity index (χ0v) is 11.8. The van der Waals surface area contributed by atoms with Gasteiger partial charge in [0.15, 0.2) is 0 Å². The first-order chi connectivity index (χ1) is 8.65. The van der Waals surface area contributed by atoms with Crippen LogP contribution in [0.3, 0.4) is 0 Å². The lowest BCUT2D eigenvalue weighted by Crippen LogP contribution is -2.25. The van der Waals surface area contributed by atoms with Crippen LogP contribution in [0.25, 0.3) is 0 Å². The van der Waals surface area contributed by atoms with Crippen LogP contribution >= 0.6 is 0 Å². The molecule has 5 heteroatoms. The van der Waals surface area contributed by atoms with E-state index >= 15 is 0 Å². The molecule has 0 aromatic rings. The molecular formula is C14H22O5. The van der Waals surface area contributed by atoms with Crippen LogP contribution in [0, 0.1) is 5.41 Å². The summed E-state index contributed by atoms with van der Waals surface area (Å²) in [5, 5.41) is 9.44. The van der Waals surface area contributed by atoms with E-state index < -0.39 is 18.0 Å². The van der Waals surface area contributed by atoms with Crippen molar-refractivity contribution < 1.29 is 24.2 Å². The Morgan fingerprint density at radius 2 is 1.79 bits per heavy atom. The predicted molar refractivity (Wildman–Crippen MR) is 71.3 cm³/mol. The van der Waals surface area contributed by atoms with Gasteiger partial charge in [-0.05, 0) is 11.8 Å². The molecule has 0 aromatic heterocycles. The first kappa shape index (κ1) is 17.4. The van der Waals surface area contributed by atoms with Gasteiger partial charge in [-0.2, -0.15) is 0 Å². The quantitative estimate of drug-likeness (QED) is 0.562. The van der Waals surface area contributed by atoms with Gasteiger partial charge in [-0.3, -0.25) is 0 Å². The summed E-state index contributed by atoms with van der Waals surface area (Å²) in [5.41, 5.74) is 0.289. The molecule has 1 N–H and O–H groups in total. The molecule has 1 atom stereocenters. The van der Waals surface area contributed by atoms with Crippen molar-refractivity contribution in [1.82, 2.24) is 0 Å². The summed E-state index contributed by atoms with van der Waals surface area (Å²) in [6.45, 7) is 12.3. The Balaban J connectivity index is 3.99. The van der Waals surface area contributed by atoms with Crippen molar-refractivity contribution in [3.05, 3.63) is 24.8 Å². The molecule has 19 heavy (non-hydrogen) atoms. The van der Waals surface area contributed by atoms with Gasteiger partial charge in [-0.25, -0.2) is 9.59 Å². The highest BCUT2D eigenvalue weighted by molar-refractivity contribution is 5.87. The van der Waals surface area contributed by atoms with Gasteiger partial charge >= 0.3 is 11.9 Å². The number of ether oxygens (including phenoxy) is 2. The van der Waals surface area contributed by atoms with Crippen molar-refractivity contribution in [3.63, 3.8) is 0 Å². The molecule has 0 fully saturated rings. The number of hydrogen-bond acceptors (Lipinski definition) is 5. The summed E-state index contributed by atoms with van der Waals surface area (Å²) in [6.07, 6.45) is 0.437. The van der Waals surface area contributed by atoms with E-state index in [0.29, 0.717) is 12.0 Å². The fourth-order valence-corrected chi connectivity index (χ4v) is 1.27. The number of aliphatic hydroxyl groups excluding tert-OH is 1. The molecule has 0 aliphatic heterocycles. The van der Waals surface area contributed by atoms with E-state index in [1.807, 2.05) is 20.8 Å². The zero-order chi connectivity index (χ0) is 15.1. The molecule has 0 saturated carbocycles. The topological polar surface area (TPSA) is 72.8 Å². The molecular weight excluding hydrogens is 248 g/mol. The standard InChI is InChI=1S/C14H22O5/c1-6-12(16)18-8-11(15)9-19-13(17)10(2)7-14(3,4)5/h6,11,15H,1-2,7-9H2,3-5H3. The third kappa shape index (κ3) is 9.02. The lowest BCUT2D eigenvalue weighted by Gasteiger charge is -2.19. The van der Waals surface area contributed by atoms with Crippen LogP contribution in [0.2, 0.25) is 0 Å². The van der Waals surface area contributed by atoms with Gasteiger partial charge in [-0.1, -0.05) is 33.9 Å². The minimum atomic E-state index is -1.06. The van der Waals surface area contributed by atoms with Crippen molar-refractivity contribution in [2.45, 2.75) is 33.3 Å². The van der Waals surface area contributed by atoms with Crippen molar-refractivity contribution in [3.8, 4) is 0 Å². The van der Waals surface area contributed by atoms with Crippen LogP contribution < -0.4 is 0 Å². The summed E-state index contributed by atoms with van der Waals surface area (Å²) < 4.78 is 9.48. The average molecular weight is 270 g/mol. The molecule has 5 nitrogen and oxygen atoms in total. The van der Waals surface area contributed by atoms with E-state index in [2.05, 4.69) is 17.9 Å². The summed E-state index contributed by atoms with van der Waals surface area (Å²) in [7, 11) is 0. The Bertz CT molecular complexity index is 351. The molecule has 0 aromatic carbocycles. The van der Waals surface area contributed by atoms with E-state index in [9.17, 15) is 14.7 Å². The monoisotopic (exact) mass is 270 g/mol. The lowest BCUT2D eigenvalue weighted by atomic mass is 9.88. The van der Waals surface area contributed by atoms with E-state index in [0.717, 1.165) is 6.08 Å². The molecule has 0 heterocycles. The smallest absolute Gasteiger partial charge is 0.333 e. The summed E-state index contributed by atoms with van der Waals surface area (Å²) in [5.74, 6) is -1.19. The SMILES string of the molecule is C=CC(=O)OCC(O)COC(=O)C(=C)CC(C)(C)C. The van der Waals surface area contributed by atoms with Gasteiger partial charge in [0.25, 0.3) is 0 Å². The fourth-order valence-electron chi connectivity index (χ4n) is 1.27. The van der Waals surface area contributed by atoms with E-state index in [1.165, 1.54) is 0 Å². The largest absolute Gasteiger partial charge is 0.460 e. The van der Waals surface area contributed by atoms with Crippen molar-refractivity contribution in [2.24, 2.45) is 5.41 Å². The molecule has 0 amide bonds. The Labute approximate surface area is 113 Å². The molecule has 1 unspecified atom stereocenters. The van der Waals surface area contributed by atoms with E-state index in [4.69, 9.17) is 4.74 Å². The van der Waals surface area contributed by atoms with Crippen LogP contribution in [-0.2, 0) is 19.1 Å². The van der Waals surface area contributed by atoms with Gasteiger partial charge in [0.05, 0.1) is 0 Å². The third-order valence-corrected chi connectivity index (χ3v) is 2.02. The van der Waals surface area contributed by atoms with Gasteiger partial charge < -0.3 is 14.6 Å². The van der Waals surface area contributed by atoms with E-state index in [1.54, 1.807) is 0 Å². The maximum Gasteiger partial charge on any atom is 0.333 e. The highest BCUT2D eigenvalue weighted by Crippen LogP contribution is 2.23. The molecule has 0 rings (SSSR count). The number of aliphatic hydroxyl groups is 1. The number of carbonyl (C=O) groups is 2. The Hall–Kier alpha value is -1.62. The summed E-state index contributed by atoms with van der Waals surface area (Å²) >= 11 is 0. The lowest BCUT2D eigenvalue weighted by molar-refractivity contribution is -0.147. The molecule has 108 valence electrons. The first-order valence-electron chi connectivity index (χ1n) is 5.98. The van der Waals surface area contributed by atoms with Gasteiger partial charge in [0.1, 0.15) is 19.3 Å². The van der Waals surface area contributed by atoms with Crippen molar-refractivity contribution in [2.75, 3.05) is 13.2 Å². The maximum absolute atomic E-state index is 11.6. The number of carbonyl (C=O) groups excluding carboxylic acids is 2. The minimum Gasteiger partial charge on any atom is -0.460 e. The molecule has 0 spiro atoms. The highest BCUT2D eigenvalue weighted by atomic mass is 16.6. The highest BCUT2D eigenvalue weighted by Gasteiger charge is 2.19. The molecule has 0 aliphatic rings. The second-order valence-electron chi connectivity index (χ2n) is 5.43. The Morgan fingerprint density at radius 3 is 2.26 bits per heavy atom. The molecule has 0 bridgehead atoms. The van der Waals surface area contributed by atoms with Crippen LogP contribution in [0.15, 0.2) is 24.8 Å². The van der Waals surface area contributed by atoms with Crippen LogP contribution in [0.5, 0.6) is 0 Å².